The van der Waals surface area contributed by atoms with Crippen LogP contribution in [0.5, 0.6) is 0 Å². The molecule has 0 unspecified atom stereocenters. The van der Waals surface area contributed by atoms with E-state index in [0.717, 1.165) is 11.1 Å². The van der Waals surface area contributed by atoms with Gasteiger partial charge in [0, 0.05) is 30.4 Å². The lowest BCUT2D eigenvalue weighted by molar-refractivity contribution is -0.121. The molecule has 4 amide bonds. The Morgan fingerprint density at radius 2 is 0.953 bits per heavy atom. The monoisotopic (exact) mass is 582 g/mol. The maximum Gasteiger partial charge on any atom is 0.335 e. The first-order chi connectivity index (χ1) is 20.6. The minimum Gasteiger partial charge on any atom is -0.478 e. The largest absolute Gasteiger partial charge is 0.478 e. The minimum atomic E-state index is -1.13. The van der Waals surface area contributed by atoms with Crippen LogP contribution in [0.15, 0.2) is 48.5 Å². The standard InChI is InChI=1S/C33H34N4O6/c1-4-21-34-28(38)15-18-33(19-16-29(39)35-22-5-2,20-17-30(40)36-23-6-3)37-31(41)26-11-7-24(8-12-26)25-9-13-27(14-10-25)32(42)43/h1-3,7-14H,15-23H2,(H,34,38)(H,35,39)(H,36,40)(H,37,41)(H,42,43). The number of carboxylic acids is 1. The molecule has 2 aromatic rings. The average Bonchev–Trinajstić information content (AvgIpc) is 3.02. The maximum absolute atomic E-state index is 13.5. The maximum atomic E-state index is 13.5. The van der Waals surface area contributed by atoms with Gasteiger partial charge in [-0.1, -0.05) is 42.0 Å². The van der Waals surface area contributed by atoms with Crippen molar-refractivity contribution in [2.45, 2.75) is 44.1 Å². The van der Waals surface area contributed by atoms with E-state index in [4.69, 9.17) is 24.4 Å². The van der Waals surface area contributed by atoms with Gasteiger partial charge in [-0.15, -0.1) is 19.3 Å². The van der Waals surface area contributed by atoms with Gasteiger partial charge in [0.25, 0.3) is 5.91 Å². The molecule has 0 aliphatic rings. The third-order valence-corrected chi connectivity index (χ3v) is 6.65. The van der Waals surface area contributed by atoms with Crippen molar-refractivity contribution in [3.05, 3.63) is 59.7 Å². The van der Waals surface area contributed by atoms with E-state index in [9.17, 15) is 24.0 Å². The van der Waals surface area contributed by atoms with Gasteiger partial charge in [0.2, 0.25) is 17.7 Å². The molecule has 0 aromatic heterocycles. The SMILES string of the molecule is C#CCNC(=O)CCC(CCC(=O)NCC#C)(CCC(=O)NCC#C)NC(=O)c1ccc(-c2ccc(C(=O)O)cc2)cc1. The van der Waals surface area contributed by atoms with E-state index in [1.807, 2.05) is 0 Å². The lowest BCUT2D eigenvalue weighted by atomic mass is 9.82. The van der Waals surface area contributed by atoms with Crippen molar-refractivity contribution >= 4 is 29.6 Å². The number of carbonyl (C=O) groups excluding carboxylic acids is 4. The minimum absolute atomic E-state index is 0.0226. The molecule has 0 fully saturated rings. The molecule has 10 heteroatoms. The summed E-state index contributed by atoms with van der Waals surface area (Å²) in [6.07, 6.45) is 16.0. The number of hydrogen-bond acceptors (Lipinski definition) is 5. The van der Waals surface area contributed by atoms with Crippen LogP contribution in [0.3, 0.4) is 0 Å². The number of aromatic carboxylic acids is 1. The van der Waals surface area contributed by atoms with Crippen LogP contribution >= 0.6 is 0 Å². The van der Waals surface area contributed by atoms with Gasteiger partial charge in [0.05, 0.1) is 25.2 Å². The van der Waals surface area contributed by atoms with Crippen LogP contribution in [0, 0.1) is 37.0 Å². The molecule has 5 N–H and O–H groups in total. The molecule has 0 heterocycles. The van der Waals surface area contributed by atoms with E-state index < -0.39 is 17.4 Å². The summed E-state index contributed by atoms with van der Waals surface area (Å²) in [4.78, 5) is 62.0. The molecule has 0 radical (unpaired) electrons. The highest BCUT2D eigenvalue weighted by Crippen LogP contribution is 2.27. The van der Waals surface area contributed by atoms with Gasteiger partial charge in [0.1, 0.15) is 0 Å². The second kappa shape index (κ2) is 17.3. The quantitative estimate of drug-likeness (QED) is 0.191. The molecule has 0 bridgehead atoms. The Kier molecular flexibility index (Phi) is 13.6. The van der Waals surface area contributed by atoms with Gasteiger partial charge in [-0.05, 0) is 54.7 Å². The number of benzene rings is 2. The van der Waals surface area contributed by atoms with Crippen LogP contribution in [0.25, 0.3) is 11.1 Å². The number of rotatable bonds is 16. The molecule has 0 saturated heterocycles. The first-order valence-corrected chi connectivity index (χ1v) is 13.5. The fourth-order valence-corrected chi connectivity index (χ4v) is 4.27. The van der Waals surface area contributed by atoms with Gasteiger partial charge in [-0.2, -0.15) is 0 Å². The summed E-state index contributed by atoms with van der Waals surface area (Å²) in [6.45, 7) is 0.103. The summed E-state index contributed by atoms with van der Waals surface area (Å²) in [5.41, 5.74) is 0.864. The van der Waals surface area contributed by atoms with Crippen LogP contribution in [-0.2, 0) is 14.4 Å². The van der Waals surface area contributed by atoms with Gasteiger partial charge >= 0.3 is 5.97 Å². The van der Waals surface area contributed by atoms with Crippen molar-refractivity contribution in [3.8, 4) is 48.2 Å². The van der Waals surface area contributed by atoms with Crippen LogP contribution in [0.1, 0.15) is 59.2 Å². The molecular formula is C33H34N4O6. The van der Waals surface area contributed by atoms with Crippen molar-refractivity contribution in [1.29, 1.82) is 0 Å². The van der Waals surface area contributed by atoms with Crippen molar-refractivity contribution in [3.63, 3.8) is 0 Å². The van der Waals surface area contributed by atoms with E-state index in [0.29, 0.717) is 5.56 Å². The topological polar surface area (TPSA) is 154 Å². The van der Waals surface area contributed by atoms with Crippen molar-refractivity contribution in [1.82, 2.24) is 21.3 Å². The fraction of sp³-hybridized carbons (Fsp3) is 0.303. The van der Waals surface area contributed by atoms with Crippen molar-refractivity contribution in [2.75, 3.05) is 19.6 Å². The van der Waals surface area contributed by atoms with E-state index >= 15 is 0 Å². The summed E-state index contributed by atoms with van der Waals surface area (Å²) < 4.78 is 0. The molecule has 222 valence electrons. The van der Waals surface area contributed by atoms with E-state index in [1.54, 1.807) is 36.4 Å². The molecule has 0 spiro atoms. The second-order valence-corrected chi connectivity index (χ2v) is 9.64. The number of hydrogen-bond donors (Lipinski definition) is 5. The smallest absolute Gasteiger partial charge is 0.335 e. The lowest BCUT2D eigenvalue weighted by Gasteiger charge is -2.35. The fourth-order valence-electron chi connectivity index (χ4n) is 4.27. The first-order valence-electron chi connectivity index (χ1n) is 13.5. The van der Waals surface area contributed by atoms with Crippen LogP contribution in [0.2, 0.25) is 0 Å². The normalized spacial score (nSPS) is 10.3. The third kappa shape index (κ3) is 11.5. The Balaban J connectivity index is 2.33. The van der Waals surface area contributed by atoms with Gasteiger partial charge in [-0.3, -0.25) is 19.2 Å². The molecule has 0 saturated carbocycles. The molecule has 0 aliphatic heterocycles. The lowest BCUT2D eigenvalue weighted by Crippen LogP contribution is -2.50. The Morgan fingerprint density at radius 3 is 1.28 bits per heavy atom. The highest BCUT2D eigenvalue weighted by atomic mass is 16.4. The molecule has 2 aromatic carbocycles. The van der Waals surface area contributed by atoms with Crippen LogP contribution < -0.4 is 21.3 Å². The van der Waals surface area contributed by atoms with Crippen molar-refractivity contribution < 1.29 is 29.1 Å². The van der Waals surface area contributed by atoms with Gasteiger partial charge in [-0.25, -0.2) is 4.79 Å². The van der Waals surface area contributed by atoms with Crippen LogP contribution in [-0.4, -0.2) is 59.9 Å². The summed E-state index contributed by atoms with van der Waals surface area (Å²) in [7, 11) is 0. The van der Waals surface area contributed by atoms with Crippen molar-refractivity contribution in [2.24, 2.45) is 0 Å². The van der Waals surface area contributed by atoms with Gasteiger partial charge < -0.3 is 26.4 Å². The van der Waals surface area contributed by atoms with E-state index in [-0.39, 0.29) is 81.4 Å². The number of terminal acetylenes is 3. The zero-order valence-electron chi connectivity index (χ0n) is 23.7. The predicted molar refractivity (Wildman–Crippen MR) is 162 cm³/mol. The molecule has 10 nitrogen and oxygen atoms in total. The van der Waals surface area contributed by atoms with Crippen LogP contribution in [0.4, 0.5) is 0 Å². The Labute approximate surface area is 251 Å². The molecular weight excluding hydrogens is 548 g/mol. The second-order valence-electron chi connectivity index (χ2n) is 9.64. The summed E-state index contributed by atoms with van der Waals surface area (Å²) in [6, 6.07) is 13.0. The third-order valence-electron chi connectivity index (χ3n) is 6.65. The van der Waals surface area contributed by atoms with E-state index in [1.165, 1.54) is 12.1 Å². The predicted octanol–water partition coefficient (Wildman–Crippen LogP) is 2.11. The highest BCUT2D eigenvalue weighted by Gasteiger charge is 2.34. The van der Waals surface area contributed by atoms with E-state index in [2.05, 4.69) is 39.0 Å². The Hall–Kier alpha value is -5.53. The number of amides is 4. The summed E-state index contributed by atoms with van der Waals surface area (Å²) >= 11 is 0. The zero-order valence-corrected chi connectivity index (χ0v) is 23.7. The first kappa shape index (κ1) is 33.7. The zero-order chi connectivity index (χ0) is 31.7. The number of nitrogens with one attached hydrogen (secondary N) is 4. The van der Waals surface area contributed by atoms with Gasteiger partial charge in [0.15, 0.2) is 0 Å². The average molecular weight is 583 g/mol. The summed E-state index contributed by atoms with van der Waals surface area (Å²) in [5.74, 6) is 4.45. The number of carboxylic acid groups (broad SMARTS) is 1. The molecule has 0 aliphatic carbocycles. The summed E-state index contributed by atoms with van der Waals surface area (Å²) in [5, 5.41) is 19.9. The molecule has 0 atom stereocenters. The Morgan fingerprint density at radius 1 is 0.605 bits per heavy atom. The molecule has 43 heavy (non-hydrogen) atoms. The molecule has 2 rings (SSSR count). The highest BCUT2D eigenvalue weighted by molar-refractivity contribution is 5.95. The number of carbonyl (C=O) groups is 5. The Bertz CT molecular complexity index is 1340.